The molecule has 1 aliphatic carbocycles. The predicted octanol–water partition coefficient (Wildman–Crippen LogP) is 5.73. The molecular weight excluding hydrogens is 439 g/mol. The van der Waals surface area contributed by atoms with Crippen molar-refractivity contribution in [3.8, 4) is 11.8 Å². The van der Waals surface area contributed by atoms with Gasteiger partial charge in [-0.1, -0.05) is 35.0 Å². The van der Waals surface area contributed by atoms with Crippen LogP contribution in [0.4, 0.5) is 0 Å². The molecule has 0 spiro atoms. The Morgan fingerprint density at radius 2 is 1.93 bits per heavy atom. The van der Waals surface area contributed by atoms with E-state index in [1.54, 1.807) is 24.3 Å². The maximum atomic E-state index is 11.0. The maximum absolute atomic E-state index is 11.0. The number of carboxylic acids is 1. The highest BCUT2D eigenvalue weighted by Crippen LogP contribution is 2.39. The van der Waals surface area contributed by atoms with Crippen LogP contribution in [0.2, 0.25) is 10.0 Å². The summed E-state index contributed by atoms with van der Waals surface area (Å²) in [5.41, 5.74) is 0.709. The molecule has 0 amide bonds. The third kappa shape index (κ3) is 5.43. The summed E-state index contributed by atoms with van der Waals surface area (Å²) in [7, 11) is 0. The van der Waals surface area contributed by atoms with Crippen LogP contribution in [0.15, 0.2) is 30.3 Å². The van der Waals surface area contributed by atoms with Crippen LogP contribution >= 0.6 is 46.1 Å². The van der Waals surface area contributed by atoms with E-state index in [2.05, 4.69) is 11.8 Å². The Labute approximate surface area is 183 Å². The molecule has 1 saturated carbocycles. The minimum Gasteiger partial charge on any atom is -0.477 e. The van der Waals surface area contributed by atoms with Crippen molar-refractivity contribution in [1.29, 1.82) is 0 Å². The standard InChI is InChI=1S/C21H19Cl3O3S/c22-13-8-12(9-14(23)10-13)4-6-17-16(18(24)11-19(17)25)3-1-2-15-5-7-20(28-15)21(26)27/h5,7-10,16-19,25H,1-3,11H2,(H,26,27)/t16-,17-,18-,19-/m1/s1. The third-order valence-electron chi connectivity index (χ3n) is 4.89. The highest BCUT2D eigenvalue weighted by Gasteiger charge is 2.40. The van der Waals surface area contributed by atoms with E-state index in [-0.39, 0.29) is 17.2 Å². The summed E-state index contributed by atoms with van der Waals surface area (Å²) in [4.78, 5) is 12.4. The smallest absolute Gasteiger partial charge is 0.345 e. The molecule has 1 fully saturated rings. The van der Waals surface area contributed by atoms with Crippen molar-refractivity contribution in [2.24, 2.45) is 11.8 Å². The van der Waals surface area contributed by atoms with Crippen molar-refractivity contribution < 1.29 is 15.0 Å². The molecule has 2 aromatic rings. The fourth-order valence-corrected chi connectivity index (χ4v) is 5.44. The summed E-state index contributed by atoms with van der Waals surface area (Å²) in [6.07, 6.45) is 2.43. The van der Waals surface area contributed by atoms with Gasteiger partial charge < -0.3 is 10.2 Å². The molecule has 28 heavy (non-hydrogen) atoms. The van der Waals surface area contributed by atoms with Gasteiger partial charge in [0.25, 0.3) is 0 Å². The largest absolute Gasteiger partial charge is 0.477 e. The monoisotopic (exact) mass is 456 g/mol. The molecule has 0 aliphatic heterocycles. The van der Waals surface area contributed by atoms with E-state index >= 15 is 0 Å². The van der Waals surface area contributed by atoms with E-state index in [0.29, 0.717) is 26.9 Å². The fraction of sp³-hybridized carbons (Fsp3) is 0.381. The summed E-state index contributed by atoms with van der Waals surface area (Å²) >= 11 is 19.8. The first kappa shape index (κ1) is 21.5. The van der Waals surface area contributed by atoms with Gasteiger partial charge >= 0.3 is 5.97 Å². The quantitative estimate of drug-likeness (QED) is 0.445. The highest BCUT2D eigenvalue weighted by atomic mass is 35.5. The van der Waals surface area contributed by atoms with E-state index < -0.39 is 12.1 Å². The van der Waals surface area contributed by atoms with Gasteiger partial charge in [-0.15, -0.1) is 22.9 Å². The van der Waals surface area contributed by atoms with E-state index in [1.165, 1.54) is 11.3 Å². The lowest BCUT2D eigenvalue weighted by Crippen LogP contribution is -2.19. The summed E-state index contributed by atoms with van der Waals surface area (Å²) in [5, 5.41) is 20.3. The first-order valence-electron chi connectivity index (χ1n) is 8.95. The summed E-state index contributed by atoms with van der Waals surface area (Å²) < 4.78 is 0. The van der Waals surface area contributed by atoms with E-state index in [4.69, 9.17) is 39.9 Å². The van der Waals surface area contributed by atoms with Crippen LogP contribution in [0.3, 0.4) is 0 Å². The second-order valence-corrected chi connectivity index (χ2v) is 9.50. The highest BCUT2D eigenvalue weighted by molar-refractivity contribution is 7.13. The Morgan fingerprint density at radius 1 is 1.21 bits per heavy atom. The van der Waals surface area contributed by atoms with Gasteiger partial charge in [0.1, 0.15) is 4.88 Å². The zero-order chi connectivity index (χ0) is 20.3. The number of benzene rings is 1. The zero-order valence-electron chi connectivity index (χ0n) is 14.9. The number of rotatable bonds is 5. The molecule has 0 radical (unpaired) electrons. The van der Waals surface area contributed by atoms with Gasteiger partial charge in [-0.2, -0.15) is 0 Å². The lowest BCUT2D eigenvalue weighted by molar-refractivity contribution is 0.0702. The molecule has 0 unspecified atom stereocenters. The van der Waals surface area contributed by atoms with Crippen LogP contribution in [0.25, 0.3) is 0 Å². The number of carbonyl (C=O) groups is 1. The van der Waals surface area contributed by atoms with Gasteiger partial charge in [0.05, 0.1) is 12.0 Å². The molecule has 1 aromatic heterocycles. The van der Waals surface area contributed by atoms with Gasteiger partial charge in [-0.25, -0.2) is 4.79 Å². The second-order valence-electron chi connectivity index (χ2n) is 6.90. The van der Waals surface area contributed by atoms with Crippen molar-refractivity contribution in [2.45, 2.75) is 37.2 Å². The molecule has 4 atom stereocenters. The summed E-state index contributed by atoms with van der Waals surface area (Å²) in [6.45, 7) is 0. The van der Waals surface area contributed by atoms with Crippen LogP contribution in [-0.2, 0) is 6.42 Å². The van der Waals surface area contributed by atoms with Gasteiger partial charge in [0, 0.05) is 25.9 Å². The van der Waals surface area contributed by atoms with Crippen molar-refractivity contribution in [1.82, 2.24) is 0 Å². The number of hydrogen-bond donors (Lipinski definition) is 2. The molecule has 1 aliphatic rings. The van der Waals surface area contributed by atoms with Gasteiger partial charge in [-0.3, -0.25) is 0 Å². The first-order valence-corrected chi connectivity index (χ1v) is 11.0. The number of halogens is 3. The zero-order valence-corrected chi connectivity index (χ0v) is 18.0. The lowest BCUT2D eigenvalue weighted by Gasteiger charge is -2.18. The summed E-state index contributed by atoms with van der Waals surface area (Å²) in [6, 6.07) is 8.63. The Morgan fingerprint density at radius 3 is 2.57 bits per heavy atom. The van der Waals surface area contributed by atoms with Gasteiger partial charge in [-0.05, 0) is 61.9 Å². The van der Waals surface area contributed by atoms with Crippen LogP contribution in [-0.4, -0.2) is 27.7 Å². The number of thiophene rings is 1. The van der Waals surface area contributed by atoms with Crippen molar-refractivity contribution in [3.63, 3.8) is 0 Å². The molecule has 2 N–H and O–H groups in total. The Balaban J connectivity index is 1.65. The van der Waals surface area contributed by atoms with Crippen LogP contribution in [0, 0.1) is 23.7 Å². The average molecular weight is 458 g/mol. The molecule has 3 rings (SSSR count). The van der Waals surface area contributed by atoms with E-state index in [0.717, 1.165) is 24.1 Å². The Hall–Kier alpha value is -1.22. The second kappa shape index (κ2) is 9.52. The van der Waals surface area contributed by atoms with E-state index in [1.807, 2.05) is 6.07 Å². The number of aliphatic hydroxyl groups is 1. The fourth-order valence-electron chi connectivity index (χ4n) is 3.56. The van der Waals surface area contributed by atoms with Crippen LogP contribution < -0.4 is 0 Å². The summed E-state index contributed by atoms with van der Waals surface area (Å²) in [5.74, 6) is 5.22. The van der Waals surface area contributed by atoms with Gasteiger partial charge in [0.2, 0.25) is 0 Å². The van der Waals surface area contributed by atoms with Crippen molar-refractivity contribution in [2.75, 3.05) is 0 Å². The minimum absolute atomic E-state index is 0.0812. The number of hydrogen-bond acceptors (Lipinski definition) is 3. The average Bonchev–Trinajstić information content (AvgIpc) is 3.18. The van der Waals surface area contributed by atoms with Crippen LogP contribution in [0.5, 0.6) is 0 Å². The number of carboxylic acid groups (broad SMARTS) is 1. The van der Waals surface area contributed by atoms with Crippen molar-refractivity contribution >= 4 is 52.1 Å². The van der Waals surface area contributed by atoms with Crippen LogP contribution in [0.1, 0.15) is 39.4 Å². The SMILES string of the molecule is O=C(O)c1ccc(CCC[C@@H]2[C@@H](C#Cc3cc(Cl)cc(Cl)c3)[C@H](O)C[C@H]2Cl)s1. The number of aliphatic hydroxyl groups excluding tert-OH is 1. The first-order chi connectivity index (χ1) is 13.3. The molecular formula is C21H19Cl3O3S. The topological polar surface area (TPSA) is 57.5 Å². The Kier molecular flexibility index (Phi) is 7.31. The Bertz CT molecular complexity index is 895. The molecule has 0 saturated heterocycles. The molecule has 1 heterocycles. The molecule has 1 aromatic carbocycles. The predicted molar refractivity (Wildman–Crippen MR) is 115 cm³/mol. The number of aromatic carboxylic acids is 1. The maximum Gasteiger partial charge on any atom is 0.345 e. The molecule has 0 bridgehead atoms. The lowest BCUT2D eigenvalue weighted by atomic mass is 9.90. The van der Waals surface area contributed by atoms with Crippen molar-refractivity contribution in [3.05, 3.63) is 55.7 Å². The van der Waals surface area contributed by atoms with E-state index in [9.17, 15) is 9.90 Å². The number of aryl methyl sites for hydroxylation is 1. The minimum atomic E-state index is -0.896. The van der Waals surface area contributed by atoms with Gasteiger partial charge in [0.15, 0.2) is 0 Å². The molecule has 7 heteroatoms. The third-order valence-corrected chi connectivity index (χ3v) is 6.96. The molecule has 3 nitrogen and oxygen atoms in total. The number of alkyl halides is 1. The normalized spacial score (nSPS) is 24.0. The molecule has 148 valence electrons.